The predicted octanol–water partition coefficient (Wildman–Crippen LogP) is 1.78. The molecule has 1 fully saturated rings. The standard InChI is InChI=1S/C24H26ClFN6O4/c1-35-22-3-2-17-23(31-22)14(16(26)8-28-17)4-5-32-10-13(19(33)11-32)7-27-9-18-15(25)6-20-24(29-18)30-21(34)12-36-20/h2-3,6,8,13,19,27,33H,4-5,7,9-12H2,1H3,(H,29,30,34)/t13-,19+/m0/s1. The number of pyridine rings is 3. The number of likely N-dealkylation sites (tertiary alicyclic amines) is 1. The van der Waals surface area contributed by atoms with Crippen LogP contribution in [-0.2, 0) is 17.8 Å². The summed E-state index contributed by atoms with van der Waals surface area (Å²) in [7, 11) is 1.52. The molecule has 5 rings (SSSR count). The number of hydrogen-bond donors (Lipinski definition) is 3. The van der Waals surface area contributed by atoms with E-state index >= 15 is 0 Å². The second-order valence-electron chi connectivity index (χ2n) is 8.87. The highest BCUT2D eigenvalue weighted by Crippen LogP contribution is 2.30. The number of aliphatic hydroxyl groups excluding tert-OH is 1. The average Bonchev–Trinajstić information content (AvgIpc) is 3.22. The molecule has 190 valence electrons. The van der Waals surface area contributed by atoms with Gasteiger partial charge in [-0.2, -0.15) is 0 Å². The number of carbonyl (C=O) groups excluding carboxylic acids is 1. The molecule has 3 N–H and O–H groups in total. The van der Waals surface area contributed by atoms with Crippen LogP contribution in [0.3, 0.4) is 0 Å². The number of anilines is 1. The van der Waals surface area contributed by atoms with Gasteiger partial charge in [-0.05, 0) is 12.5 Å². The van der Waals surface area contributed by atoms with Gasteiger partial charge in [-0.15, -0.1) is 0 Å². The van der Waals surface area contributed by atoms with Crippen LogP contribution in [0.1, 0.15) is 11.3 Å². The Morgan fingerprint density at radius 1 is 1.36 bits per heavy atom. The number of methoxy groups -OCH3 is 1. The van der Waals surface area contributed by atoms with Gasteiger partial charge >= 0.3 is 0 Å². The molecule has 0 aliphatic carbocycles. The fraction of sp³-hybridized carbons (Fsp3) is 0.417. The van der Waals surface area contributed by atoms with E-state index in [0.717, 1.165) is 0 Å². The van der Waals surface area contributed by atoms with E-state index in [1.54, 1.807) is 18.2 Å². The van der Waals surface area contributed by atoms with Crippen molar-refractivity contribution in [2.24, 2.45) is 5.92 Å². The molecule has 0 saturated carbocycles. The maximum absolute atomic E-state index is 14.6. The fourth-order valence-electron chi connectivity index (χ4n) is 4.54. The molecule has 5 heterocycles. The lowest BCUT2D eigenvalue weighted by molar-refractivity contribution is -0.118. The van der Waals surface area contributed by atoms with Gasteiger partial charge in [0.15, 0.2) is 18.2 Å². The molecule has 0 radical (unpaired) electrons. The van der Waals surface area contributed by atoms with E-state index in [1.165, 1.54) is 13.3 Å². The largest absolute Gasteiger partial charge is 0.481 e. The summed E-state index contributed by atoms with van der Waals surface area (Å²) in [4.78, 5) is 26.5. The number of halogens is 2. The molecule has 2 atom stereocenters. The number of aromatic nitrogens is 3. The SMILES string of the molecule is COc1ccc2ncc(F)c(CCN3C[C@H](CNCc4nc5c(cc4Cl)OCC(=O)N5)[C@H](O)C3)c2n1. The van der Waals surface area contributed by atoms with Crippen molar-refractivity contribution in [3.05, 3.63) is 46.5 Å². The molecular weight excluding hydrogens is 491 g/mol. The van der Waals surface area contributed by atoms with Gasteiger partial charge in [0.1, 0.15) is 5.82 Å². The number of carbonyl (C=O) groups is 1. The number of nitrogens with one attached hydrogen (secondary N) is 2. The van der Waals surface area contributed by atoms with Gasteiger partial charge in [0.25, 0.3) is 5.91 Å². The first-order chi connectivity index (χ1) is 17.4. The summed E-state index contributed by atoms with van der Waals surface area (Å²) in [6.45, 7) is 2.57. The van der Waals surface area contributed by atoms with Crippen molar-refractivity contribution in [2.75, 3.05) is 45.2 Å². The van der Waals surface area contributed by atoms with E-state index in [1.807, 2.05) is 0 Å². The van der Waals surface area contributed by atoms with Gasteiger partial charge in [-0.25, -0.2) is 14.4 Å². The van der Waals surface area contributed by atoms with Gasteiger partial charge in [-0.3, -0.25) is 9.78 Å². The van der Waals surface area contributed by atoms with Gasteiger partial charge < -0.3 is 30.1 Å². The number of ether oxygens (including phenoxy) is 2. The van der Waals surface area contributed by atoms with Gasteiger partial charge in [0.2, 0.25) is 5.88 Å². The lowest BCUT2D eigenvalue weighted by Gasteiger charge is -2.19. The molecular formula is C24H26ClFN6O4. The van der Waals surface area contributed by atoms with Crippen LogP contribution in [0.4, 0.5) is 10.2 Å². The first-order valence-corrected chi connectivity index (χ1v) is 12.0. The van der Waals surface area contributed by atoms with Gasteiger partial charge in [-0.1, -0.05) is 11.6 Å². The molecule has 2 aliphatic rings. The van der Waals surface area contributed by atoms with Gasteiger partial charge in [0, 0.05) is 56.3 Å². The Bertz CT molecular complexity index is 1300. The second kappa shape index (κ2) is 10.5. The number of hydrogen-bond acceptors (Lipinski definition) is 9. The van der Waals surface area contributed by atoms with Crippen LogP contribution in [0, 0.1) is 11.7 Å². The van der Waals surface area contributed by atoms with Crippen molar-refractivity contribution >= 4 is 34.4 Å². The highest BCUT2D eigenvalue weighted by molar-refractivity contribution is 6.31. The van der Waals surface area contributed by atoms with E-state index in [9.17, 15) is 14.3 Å². The van der Waals surface area contributed by atoms with E-state index in [2.05, 4.69) is 30.5 Å². The number of fused-ring (bicyclic) bond motifs is 2. The summed E-state index contributed by atoms with van der Waals surface area (Å²) in [5, 5.41) is 17.0. The zero-order valence-corrected chi connectivity index (χ0v) is 20.4. The minimum Gasteiger partial charge on any atom is -0.481 e. The maximum atomic E-state index is 14.6. The third-order valence-corrected chi connectivity index (χ3v) is 6.77. The Hall–Kier alpha value is -3.12. The quantitative estimate of drug-likeness (QED) is 0.411. The topological polar surface area (TPSA) is 122 Å². The summed E-state index contributed by atoms with van der Waals surface area (Å²) in [6.07, 6.45) is 1.13. The zero-order valence-electron chi connectivity index (χ0n) is 19.6. The van der Waals surface area contributed by atoms with Crippen molar-refractivity contribution < 1.29 is 23.8 Å². The predicted molar refractivity (Wildman–Crippen MR) is 131 cm³/mol. The molecule has 1 saturated heterocycles. The van der Waals surface area contributed by atoms with Crippen molar-refractivity contribution in [1.82, 2.24) is 25.2 Å². The van der Waals surface area contributed by atoms with Crippen LogP contribution >= 0.6 is 11.6 Å². The average molecular weight is 517 g/mol. The Balaban J connectivity index is 1.17. The lowest BCUT2D eigenvalue weighted by atomic mass is 10.1. The van der Waals surface area contributed by atoms with E-state index in [0.29, 0.717) is 83.9 Å². The Morgan fingerprint density at radius 2 is 2.22 bits per heavy atom. The molecule has 0 unspecified atom stereocenters. The molecule has 3 aromatic rings. The molecule has 10 nitrogen and oxygen atoms in total. The van der Waals surface area contributed by atoms with Crippen LogP contribution in [-0.4, -0.2) is 76.9 Å². The lowest BCUT2D eigenvalue weighted by Crippen LogP contribution is -2.31. The van der Waals surface area contributed by atoms with Crippen LogP contribution < -0.4 is 20.1 Å². The molecule has 2 aliphatic heterocycles. The Morgan fingerprint density at radius 3 is 3.06 bits per heavy atom. The number of β-amino-alcohol motifs (C(OH)–C–C–N with tert-alkyl or cyclic N) is 1. The Kier molecular flexibility index (Phi) is 7.15. The highest BCUT2D eigenvalue weighted by Gasteiger charge is 2.31. The maximum Gasteiger partial charge on any atom is 0.263 e. The molecule has 36 heavy (non-hydrogen) atoms. The monoisotopic (exact) mass is 516 g/mol. The van der Waals surface area contributed by atoms with E-state index < -0.39 is 11.9 Å². The molecule has 0 aromatic carbocycles. The fourth-order valence-corrected chi connectivity index (χ4v) is 4.75. The third kappa shape index (κ3) is 5.19. The van der Waals surface area contributed by atoms with Crippen molar-refractivity contribution in [2.45, 2.75) is 19.1 Å². The van der Waals surface area contributed by atoms with Crippen LogP contribution in [0.15, 0.2) is 24.4 Å². The first-order valence-electron chi connectivity index (χ1n) is 11.6. The van der Waals surface area contributed by atoms with Crippen molar-refractivity contribution in [1.29, 1.82) is 0 Å². The minimum absolute atomic E-state index is 0.0123. The smallest absolute Gasteiger partial charge is 0.263 e. The third-order valence-electron chi connectivity index (χ3n) is 6.44. The van der Waals surface area contributed by atoms with E-state index in [4.69, 9.17) is 21.1 Å². The molecule has 0 spiro atoms. The second-order valence-corrected chi connectivity index (χ2v) is 9.28. The summed E-state index contributed by atoms with van der Waals surface area (Å²) < 4.78 is 25.1. The van der Waals surface area contributed by atoms with Crippen molar-refractivity contribution in [3.63, 3.8) is 0 Å². The van der Waals surface area contributed by atoms with Crippen molar-refractivity contribution in [3.8, 4) is 11.6 Å². The zero-order chi connectivity index (χ0) is 25.2. The minimum atomic E-state index is -0.519. The summed E-state index contributed by atoms with van der Waals surface area (Å²) >= 11 is 6.32. The number of nitrogens with zero attached hydrogens (tertiary/aromatic N) is 4. The normalized spacial score (nSPS) is 19.7. The molecule has 3 aromatic heterocycles. The number of aliphatic hydroxyl groups is 1. The van der Waals surface area contributed by atoms with Crippen LogP contribution in [0.25, 0.3) is 11.0 Å². The highest BCUT2D eigenvalue weighted by atomic mass is 35.5. The summed E-state index contributed by atoms with van der Waals surface area (Å²) in [5.74, 6) is 0.515. The first kappa shape index (κ1) is 24.6. The summed E-state index contributed by atoms with van der Waals surface area (Å²) in [6, 6.07) is 5.09. The Labute approximate surface area is 211 Å². The van der Waals surface area contributed by atoms with Crippen LogP contribution in [0.2, 0.25) is 5.02 Å². The number of amides is 1. The number of rotatable bonds is 8. The molecule has 0 bridgehead atoms. The molecule has 12 heteroatoms. The van der Waals surface area contributed by atoms with Gasteiger partial charge in [0.05, 0.1) is 41.2 Å². The molecule has 1 amide bonds. The van der Waals surface area contributed by atoms with Crippen LogP contribution in [0.5, 0.6) is 11.6 Å². The summed E-state index contributed by atoms with van der Waals surface area (Å²) in [5.41, 5.74) is 2.16. The van der Waals surface area contributed by atoms with E-state index in [-0.39, 0.29) is 18.4 Å².